The number of phenolic OH excluding ortho intramolecular Hbond substituents is 2. The molecule has 0 radical (unpaired) electrons. The number of phenols is 2. The van der Waals surface area contributed by atoms with E-state index in [9.17, 15) is 10.2 Å². The number of nitrogens with one attached hydrogen (secondary N) is 1. The Labute approximate surface area is 165 Å². The molecule has 0 saturated heterocycles. The molecule has 148 valence electrons. The lowest BCUT2D eigenvalue weighted by Gasteiger charge is -2.38. The highest BCUT2D eigenvalue weighted by Gasteiger charge is 2.33. The number of rotatable bonds is 5. The number of hydrogen-bond donors (Lipinski definition) is 3. The molecule has 0 fully saturated rings. The second-order valence-electron chi connectivity index (χ2n) is 6.72. The van der Waals surface area contributed by atoms with Crippen molar-refractivity contribution < 1.29 is 24.4 Å². The van der Waals surface area contributed by atoms with Gasteiger partial charge in [0.2, 0.25) is 5.75 Å². The number of ether oxygens (including phenoxy) is 3. The Kier molecular flexibility index (Phi) is 6.34. The van der Waals surface area contributed by atoms with Crippen LogP contribution in [0.25, 0.3) is 0 Å². The van der Waals surface area contributed by atoms with Crippen molar-refractivity contribution in [2.45, 2.75) is 25.3 Å². The molecule has 1 unspecified atom stereocenters. The van der Waals surface area contributed by atoms with Crippen LogP contribution in [0.5, 0.6) is 28.7 Å². The molecule has 0 bridgehead atoms. The Morgan fingerprint density at radius 3 is 2.11 bits per heavy atom. The fourth-order valence-corrected chi connectivity index (χ4v) is 3.71. The number of benzene rings is 2. The molecule has 2 aromatic rings. The first kappa shape index (κ1) is 21.0. The first-order valence-electron chi connectivity index (χ1n) is 8.51. The Bertz CT molecular complexity index is 801. The van der Waals surface area contributed by atoms with Crippen LogP contribution in [0, 0.1) is 0 Å². The zero-order chi connectivity index (χ0) is 18.9. The third-order valence-electron chi connectivity index (χ3n) is 4.99. The fraction of sp³-hybridized carbons (Fsp3) is 0.400. The first-order valence-corrected chi connectivity index (χ1v) is 8.51. The van der Waals surface area contributed by atoms with Gasteiger partial charge in [-0.2, -0.15) is 0 Å². The zero-order valence-electron chi connectivity index (χ0n) is 16.0. The third-order valence-corrected chi connectivity index (χ3v) is 4.99. The third kappa shape index (κ3) is 3.87. The summed E-state index contributed by atoms with van der Waals surface area (Å²) in [5.41, 5.74) is 2.63. The van der Waals surface area contributed by atoms with Crippen LogP contribution in [0.3, 0.4) is 0 Å². The average Bonchev–Trinajstić information content (AvgIpc) is 2.62. The molecule has 0 aliphatic carbocycles. The lowest BCUT2D eigenvalue weighted by molar-refractivity contribution is 0.318. The second kappa shape index (κ2) is 8.15. The van der Waals surface area contributed by atoms with E-state index >= 15 is 0 Å². The molecule has 1 atom stereocenters. The minimum absolute atomic E-state index is 0. The van der Waals surface area contributed by atoms with Crippen molar-refractivity contribution in [3.63, 3.8) is 0 Å². The van der Waals surface area contributed by atoms with Gasteiger partial charge in [0, 0.05) is 12.1 Å². The van der Waals surface area contributed by atoms with E-state index in [0.29, 0.717) is 23.7 Å². The number of halogens is 1. The van der Waals surface area contributed by atoms with E-state index in [1.165, 1.54) is 0 Å². The van der Waals surface area contributed by atoms with Gasteiger partial charge in [0.15, 0.2) is 23.0 Å². The topological polar surface area (TPSA) is 80.2 Å². The maximum Gasteiger partial charge on any atom is 0.203 e. The molecule has 0 aromatic heterocycles. The van der Waals surface area contributed by atoms with E-state index < -0.39 is 5.54 Å². The van der Waals surface area contributed by atoms with E-state index in [1.807, 2.05) is 12.1 Å². The minimum Gasteiger partial charge on any atom is -0.504 e. The summed E-state index contributed by atoms with van der Waals surface area (Å²) in [5.74, 6) is 1.58. The van der Waals surface area contributed by atoms with Crippen molar-refractivity contribution in [2.75, 3.05) is 27.9 Å². The highest BCUT2D eigenvalue weighted by molar-refractivity contribution is 5.85. The number of hydrogen-bond acceptors (Lipinski definition) is 6. The monoisotopic (exact) mass is 395 g/mol. The van der Waals surface area contributed by atoms with Crippen LogP contribution in [0.1, 0.15) is 23.6 Å². The Hall–Kier alpha value is -2.31. The van der Waals surface area contributed by atoms with Gasteiger partial charge in [0.1, 0.15) is 0 Å². The van der Waals surface area contributed by atoms with E-state index in [1.54, 1.807) is 33.5 Å². The van der Waals surface area contributed by atoms with E-state index in [-0.39, 0.29) is 23.9 Å². The zero-order valence-corrected chi connectivity index (χ0v) is 16.8. The smallest absolute Gasteiger partial charge is 0.203 e. The van der Waals surface area contributed by atoms with Crippen LogP contribution in [0.15, 0.2) is 24.3 Å². The molecular formula is C20H26ClNO5. The van der Waals surface area contributed by atoms with E-state index in [2.05, 4.69) is 12.2 Å². The number of aromatic hydroxyl groups is 2. The summed E-state index contributed by atoms with van der Waals surface area (Å²) in [4.78, 5) is 0. The van der Waals surface area contributed by atoms with Gasteiger partial charge in [-0.05, 0) is 60.7 Å². The summed E-state index contributed by atoms with van der Waals surface area (Å²) < 4.78 is 16.3. The molecular weight excluding hydrogens is 370 g/mol. The molecule has 0 spiro atoms. The van der Waals surface area contributed by atoms with Gasteiger partial charge in [-0.15, -0.1) is 12.4 Å². The van der Waals surface area contributed by atoms with Crippen molar-refractivity contribution in [1.82, 2.24) is 5.32 Å². The molecule has 6 nitrogen and oxygen atoms in total. The molecule has 2 aromatic carbocycles. The summed E-state index contributed by atoms with van der Waals surface area (Å²) in [6.45, 7) is 2.88. The molecule has 1 aliphatic rings. The summed E-state index contributed by atoms with van der Waals surface area (Å²) in [6, 6.07) is 7.17. The van der Waals surface area contributed by atoms with Crippen LogP contribution in [-0.4, -0.2) is 38.1 Å². The minimum atomic E-state index is -0.399. The average molecular weight is 396 g/mol. The lowest BCUT2D eigenvalue weighted by atomic mass is 9.79. The van der Waals surface area contributed by atoms with Crippen LogP contribution < -0.4 is 19.5 Å². The van der Waals surface area contributed by atoms with Crippen LogP contribution in [-0.2, 0) is 18.4 Å². The highest BCUT2D eigenvalue weighted by atomic mass is 35.5. The Morgan fingerprint density at radius 1 is 0.963 bits per heavy atom. The molecule has 3 N–H and O–H groups in total. The maximum absolute atomic E-state index is 9.97. The number of methoxy groups -OCH3 is 3. The van der Waals surface area contributed by atoms with Crippen molar-refractivity contribution >= 4 is 12.4 Å². The van der Waals surface area contributed by atoms with Gasteiger partial charge in [0.25, 0.3) is 0 Å². The first-order chi connectivity index (χ1) is 12.4. The van der Waals surface area contributed by atoms with Gasteiger partial charge in [-0.3, -0.25) is 0 Å². The molecule has 3 rings (SSSR count). The van der Waals surface area contributed by atoms with Crippen molar-refractivity contribution in [1.29, 1.82) is 0 Å². The SMILES string of the molecule is COc1cc(CC2(C)NCCc3cc(O)c(O)cc32)cc(OC)c1OC.Cl. The molecule has 1 heterocycles. The quantitative estimate of drug-likeness (QED) is 0.675. The highest BCUT2D eigenvalue weighted by Crippen LogP contribution is 2.42. The summed E-state index contributed by atoms with van der Waals surface area (Å²) in [7, 11) is 4.77. The van der Waals surface area contributed by atoms with Gasteiger partial charge < -0.3 is 29.7 Å². The van der Waals surface area contributed by atoms with Crippen molar-refractivity contribution in [3.05, 3.63) is 41.0 Å². The van der Waals surface area contributed by atoms with Crippen molar-refractivity contribution in [3.8, 4) is 28.7 Å². The summed E-state index contributed by atoms with van der Waals surface area (Å²) in [6.07, 6.45) is 1.45. The van der Waals surface area contributed by atoms with Crippen LogP contribution >= 0.6 is 12.4 Å². The van der Waals surface area contributed by atoms with Gasteiger partial charge in [-0.25, -0.2) is 0 Å². The van der Waals surface area contributed by atoms with Gasteiger partial charge in [-0.1, -0.05) is 0 Å². The molecule has 27 heavy (non-hydrogen) atoms. The Morgan fingerprint density at radius 2 is 1.56 bits per heavy atom. The predicted molar refractivity (Wildman–Crippen MR) is 106 cm³/mol. The molecule has 1 aliphatic heterocycles. The second-order valence-corrected chi connectivity index (χ2v) is 6.72. The predicted octanol–water partition coefficient (Wildman–Crippen LogP) is 3.15. The normalized spacial score (nSPS) is 18.2. The maximum atomic E-state index is 9.97. The van der Waals surface area contributed by atoms with Gasteiger partial charge >= 0.3 is 0 Å². The van der Waals surface area contributed by atoms with E-state index in [0.717, 1.165) is 29.7 Å². The fourth-order valence-electron chi connectivity index (χ4n) is 3.71. The van der Waals surface area contributed by atoms with Crippen LogP contribution in [0.2, 0.25) is 0 Å². The molecule has 0 amide bonds. The largest absolute Gasteiger partial charge is 0.504 e. The van der Waals surface area contributed by atoms with Gasteiger partial charge in [0.05, 0.1) is 21.3 Å². The van der Waals surface area contributed by atoms with Crippen molar-refractivity contribution in [2.24, 2.45) is 0 Å². The summed E-state index contributed by atoms with van der Waals surface area (Å²) >= 11 is 0. The molecule has 7 heteroatoms. The standard InChI is InChI=1S/C20H25NO5.ClH/c1-20(14-10-16(23)15(22)9-13(14)5-6-21-20)11-12-7-17(24-2)19(26-4)18(8-12)25-3;/h7-10,21-23H,5-6,11H2,1-4H3;1H. The molecule has 0 saturated carbocycles. The lowest BCUT2D eigenvalue weighted by Crippen LogP contribution is -2.46. The Balaban J connectivity index is 0.00000261. The summed E-state index contributed by atoms with van der Waals surface area (Å²) in [5, 5.41) is 23.3. The number of fused-ring (bicyclic) bond motifs is 1. The van der Waals surface area contributed by atoms with Crippen LogP contribution in [0.4, 0.5) is 0 Å². The van der Waals surface area contributed by atoms with E-state index in [4.69, 9.17) is 14.2 Å².